The van der Waals surface area contributed by atoms with Gasteiger partial charge in [-0.05, 0) is 20.8 Å². The van der Waals surface area contributed by atoms with Crippen LogP contribution < -0.4 is 10.6 Å². The summed E-state index contributed by atoms with van der Waals surface area (Å²) in [6.45, 7) is 10.6. The number of anilines is 2. The van der Waals surface area contributed by atoms with Gasteiger partial charge in [0.2, 0.25) is 0 Å². The Hall–Kier alpha value is -1.36. The third-order valence-corrected chi connectivity index (χ3v) is 3.25. The quantitative estimate of drug-likeness (QED) is 0.862. The van der Waals surface area contributed by atoms with Crippen molar-refractivity contribution in [3.63, 3.8) is 0 Å². The minimum Gasteiger partial charge on any atom is -0.383 e. The molecule has 0 amide bonds. The van der Waals surface area contributed by atoms with E-state index in [9.17, 15) is 0 Å². The zero-order chi connectivity index (χ0) is 13.3. The van der Waals surface area contributed by atoms with Gasteiger partial charge in [0.1, 0.15) is 17.5 Å². The van der Waals surface area contributed by atoms with Crippen LogP contribution in [0.3, 0.4) is 0 Å². The lowest BCUT2D eigenvalue weighted by Gasteiger charge is -2.39. The van der Waals surface area contributed by atoms with E-state index in [1.807, 2.05) is 13.8 Å². The van der Waals surface area contributed by atoms with Crippen LogP contribution in [-0.4, -0.2) is 35.3 Å². The van der Waals surface area contributed by atoms with Gasteiger partial charge in [-0.2, -0.15) is 0 Å². The van der Waals surface area contributed by atoms with E-state index in [0.717, 1.165) is 43.3 Å². The van der Waals surface area contributed by atoms with Gasteiger partial charge in [0, 0.05) is 25.1 Å². The molecule has 0 bridgehead atoms. The van der Waals surface area contributed by atoms with Crippen molar-refractivity contribution < 1.29 is 4.74 Å². The molecule has 0 spiro atoms. The second kappa shape index (κ2) is 4.72. The standard InChI is InChI=1S/C13H22N4O/c1-5-10-15-11(14)9(2)12(16-10)17-6-7-18-13(3,4)8-17/h5-8H2,1-4H3,(H2,14,15,16). The minimum absolute atomic E-state index is 0.142. The fraction of sp³-hybridized carbons (Fsp3) is 0.692. The van der Waals surface area contributed by atoms with E-state index in [0.29, 0.717) is 5.82 Å². The van der Waals surface area contributed by atoms with Crippen LogP contribution in [0.25, 0.3) is 0 Å². The zero-order valence-corrected chi connectivity index (χ0v) is 11.7. The number of aryl methyl sites for hydroxylation is 1. The second-order valence-corrected chi connectivity index (χ2v) is 5.36. The summed E-state index contributed by atoms with van der Waals surface area (Å²) >= 11 is 0. The number of nitrogen functional groups attached to an aromatic ring is 1. The number of rotatable bonds is 2. The Morgan fingerprint density at radius 1 is 1.39 bits per heavy atom. The maximum absolute atomic E-state index is 5.96. The number of nitrogens with two attached hydrogens (primary N) is 1. The number of hydrogen-bond donors (Lipinski definition) is 1. The van der Waals surface area contributed by atoms with Crippen molar-refractivity contribution in [2.45, 2.75) is 39.7 Å². The van der Waals surface area contributed by atoms with Crippen molar-refractivity contribution in [2.24, 2.45) is 0 Å². The van der Waals surface area contributed by atoms with Gasteiger partial charge in [-0.25, -0.2) is 9.97 Å². The van der Waals surface area contributed by atoms with Gasteiger partial charge in [0.05, 0.1) is 12.2 Å². The first-order chi connectivity index (χ1) is 8.43. The smallest absolute Gasteiger partial charge is 0.137 e. The van der Waals surface area contributed by atoms with Crippen molar-refractivity contribution in [3.05, 3.63) is 11.4 Å². The van der Waals surface area contributed by atoms with Crippen LogP contribution in [0.4, 0.5) is 11.6 Å². The Morgan fingerprint density at radius 2 is 2.11 bits per heavy atom. The highest BCUT2D eigenvalue weighted by Gasteiger charge is 2.29. The van der Waals surface area contributed by atoms with Gasteiger partial charge in [0.25, 0.3) is 0 Å². The Balaban J connectivity index is 2.35. The summed E-state index contributed by atoms with van der Waals surface area (Å²) in [6.07, 6.45) is 0.797. The molecule has 5 nitrogen and oxygen atoms in total. The topological polar surface area (TPSA) is 64.3 Å². The van der Waals surface area contributed by atoms with Crippen LogP contribution in [0.2, 0.25) is 0 Å². The van der Waals surface area contributed by atoms with Gasteiger partial charge >= 0.3 is 0 Å². The molecule has 1 aliphatic heterocycles. The zero-order valence-electron chi connectivity index (χ0n) is 11.7. The summed E-state index contributed by atoms with van der Waals surface area (Å²) in [6, 6.07) is 0. The van der Waals surface area contributed by atoms with Crippen molar-refractivity contribution in [1.29, 1.82) is 0 Å². The lowest BCUT2D eigenvalue weighted by Crippen LogP contribution is -2.49. The summed E-state index contributed by atoms with van der Waals surface area (Å²) in [7, 11) is 0. The molecule has 1 aromatic heterocycles. The molecule has 0 aliphatic carbocycles. The molecule has 1 aliphatic rings. The monoisotopic (exact) mass is 250 g/mol. The lowest BCUT2D eigenvalue weighted by atomic mass is 10.1. The van der Waals surface area contributed by atoms with Gasteiger partial charge in [-0.15, -0.1) is 0 Å². The summed E-state index contributed by atoms with van der Waals surface area (Å²) in [5.74, 6) is 2.34. The van der Waals surface area contributed by atoms with Gasteiger partial charge in [-0.1, -0.05) is 6.92 Å². The molecule has 2 rings (SSSR count). The van der Waals surface area contributed by atoms with Crippen LogP contribution in [0.15, 0.2) is 0 Å². The summed E-state index contributed by atoms with van der Waals surface area (Å²) in [5.41, 5.74) is 6.78. The first-order valence-corrected chi connectivity index (χ1v) is 6.45. The van der Waals surface area contributed by atoms with Crippen molar-refractivity contribution in [2.75, 3.05) is 30.3 Å². The molecule has 100 valence electrons. The molecule has 0 saturated carbocycles. The predicted octanol–water partition coefficient (Wildman–Crippen LogP) is 1.54. The minimum atomic E-state index is -0.142. The molecule has 5 heteroatoms. The van der Waals surface area contributed by atoms with Crippen LogP contribution in [0, 0.1) is 6.92 Å². The predicted molar refractivity (Wildman–Crippen MR) is 72.8 cm³/mol. The molecule has 18 heavy (non-hydrogen) atoms. The molecule has 0 atom stereocenters. The van der Waals surface area contributed by atoms with E-state index >= 15 is 0 Å². The fourth-order valence-corrected chi connectivity index (χ4v) is 2.23. The molecular formula is C13H22N4O. The van der Waals surface area contributed by atoms with Crippen molar-refractivity contribution in [3.8, 4) is 0 Å². The molecular weight excluding hydrogens is 228 g/mol. The van der Waals surface area contributed by atoms with Crippen LogP contribution in [0.5, 0.6) is 0 Å². The maximum atomic E-state index is 5.96. The summed E-state index contributed by atoms with van der Waals surface area (Å²) in [4.78, 5) is 11.2. The van der Waals surface area contributed by atoms with Gasteiger partial charge in [0.15, 0.2) is 0 Å². The Bertz CT molecular complexity index is 445. The first kappa shape index (κ1) is 13.1. The van der Waals surface area contributed by atoms with E-state index in [-0.39, 0.29) is 5.60 Å². The highest BCUT2D eigenvalue weighted by Crippen LogP contribution is 2.26. The number of nitrogens with zero attached hydrogens (tertiary/aromatic N) is 3. The van der Waals surface area contributed by atoms with E-state index in [4.69, 9.17) is 10.5 Å². The van der Waals surface area contributed by atoms with E-state index in [2.05, 4.69) is 28.7 Å². The van der Waals surface area contributed by atoms with Gasteiger partial charge < -0.3 is 15.4 Å². The van der Waals surface area contributed by atoms with E-state index in [1.54, 1.807) is 0 Å². The number of ether oxygens (including phenoxy) is 1. The lowest BCUT2D eigenvalue weighted by molar-refractivity contribution is -0.0279. The average molecular weight is 250 g/mol. The molecule has 0 unspecified atom stereocenters. The Morgan fingerprint density at radius 3 is 2.72 bits per heavy atom. The molecule has 1 saturated heterocycles. The molecule has 0 radical (unpaired) electrons. The highest BCUT2D eigenvalue weighted by atomic mass is 16.5. The fourth-order valence-electron chi connectivity index (χ4n) is 2.23. The number of morpholine rings is 1. The third-order valence-electron chi connectivity index (χ3n) is 3.25. The number of aromatic nitrogens is 2. The summed E-state index contributed by atoms with van der Waals surface area (Å²) < 4.78 is 5.73. The second-order valence-electron chi connectivity index (χ2n) is 5.36. The normalized spacial score (nSPS) is 19.0. The SMILES string of the molecule is CCc1nc(N)c(C)c(N2CCOC(C)(C)C2)n1. The third kappa shape index (κ3) is 2.56. The van der Waals surface area contributed by atoms with E-state index < -0.39 is 0 Å². The molecule has 0 aromatic carbocycles. The van der Waals surface area contributed by atoms with Crippen LogP contribution in [0.1, 0.15) is 32.2 Å². The maximum Gasteiger partial charge on any atom is 0.137 e. The average Bonchev–Trinajstić information content (AvgIpc) is 2.31. The molecule has 2 heterocycles. The summed E-state index contributed by atoms with van der Waals surface area (Å²) in [5, 5.41) is 0. The highest BCUT2D eigenvalue weighted by molar-refractivity contribution is 5.56. The molecule has 1 fully saturated rings. The largest absolute Gasteiger partial charge is 0.383 e. The van der Waals surface area contributed by atoms with Crippen LogP contribution >= 0.6 is 0 Å². The van der Waals surface area contributed by atoms with Crippen molar-refractivity contribution >= 4 is 11.6 Å². The first-order valence-electron chi connectivity index (χ1n) is 6.45. The van der Waals surface area contributed by atoms with Crippen LogP contribution in [-0.2, 0) is 11.2 Å². The number of hydrogen-bond acceptors (Lipinski definition) is 5. The Kier molecular flexibility index (Phi) is 3.43. The van der Waals surface area contributed by atoms with Gasteiger partial charge in [-0.3, -0.25) is 0 Å². The molecule has 1 aromatic rings. The Labute approximate surface area is 108 Å². The molecule has 2 N–H and O–H groups in total. The van der Waals surface area contributed by atoms with E-state index in [1.165, 1.54) is 0 Å². The van der Waals surface area contributed by atoms with Crippen molar-refractivity contribution in [1.82, 2.24) is 9.97 Å².